The average Bonchev–Trinajstić information content (AvgIpc) is 3.00. The minimum atomic E-state index is -3.42. The van der Waals surface area contributed by atoms with E-state index in [9.17, 15) is 8.42 Å². The SMILES string of the molecule is CCC(CCN)N1CCN(S(=O)(=O)c2cnc[nH]2)CC1. The van der Waals surface area contributed by atoms with E-state index in [0.29, 0.717) is 25.7 Å². The molecule has 1 aliphatic rings. The summed E-state index contributed by atoms with van der Waals surface area (Å²) >= 11 is 0. The summed E-state index contributed by atoms with van der Waals surface area (Å²) in [7, 11) is -3.42. The Morgan fingerprint density at radius 2 is 2.10 bits per heavy atom. The lowest BCUT2D eigenvalue weighted by atomic mass is 10.1. The smallest absolute Gasteiger partial charge is 0.260 e. The van der Waals surface area contributed by atoms with Gasteiger partial charge in [0, 0.05) is 32.2 Å². The predicted octanol–water partition coefficient (Wildman–Crippen LogP) is -0.157. The fourth-order valence-electron chi connectivity index (χ4n) is 2.67. The molecule has 20 heavy (non-hydrogen) atoms. The van der Waals surface area contributed by atoms with E-state index >= 15 is 0 Å². The number of rotatable bonds is 6. The molecule has 1 aromatic heterocycles. The van der Waals surface area contributed by atoms with Gasteiger partial charge in [0.15, 0.2) is 5.03 Å². The van der Waals surface area contributed by atoms with Gasteiger partial charge in [0.1, 0.15) is 0 Å². The lowest BCUT2D eigenvalue weighted by molar-refractivity contribution is 0.129. The number of nitrogens with two attached hydrogens (primary N) is 1. The second kappa shape index (κ2) is 6.66. The van der Waals surface area contributed by atoms with Crippen molar-refractivity contribution in [3.63, 3.8) is 0 Å². The summed E-state index contributed by atoms with van der Waals surface area (Å²) in [4.78, 5) is 8.79. The van der Waals surface area contributed by atoms with Gasteiger partial charge < -0.3 is 10.7 Å². The number of hydrogen-bond acceptors (Lipinski definition) is 5. The number of piperazine rings is 1. The topological polar surface area (TPSA) is 95.3 Å². The Bertz CT molecular complexity index is 494. The zero-order valence-corrected chi connectivity index (χ0v) is 12.6. The summed E-state index contributed by atoms with van der Waals surface area (Å²) in [5.74, 6) is 0. The van der Waals surface area contributed by atoms with Crippen LogP contribution >= 0.6 is 0 Å². The highest BCUT2D eigenvalue weighted by atomic mass is 32.2. The molecule has 0 aromatic carbocycles. The van der Waals surface area contributed by atoms with Gasteiger partial charge >= 0.3 is 0 Å². The van der Waals surface area contributed by atoms with Crippen molar-refractivity contribution in [2.45, 2.75) is 30.8 Å². The molecule has 8 heteroatoms. The van der Waals surface area contributed by atoms with E-state index in [4.69, 9.17) is 5.73 Å². The first-order valence-corrected chi connectivity index (χ1v) is 8.46. The van der Waals surface area contributed by atoms with Crippen molar-refractivity contribution in [3.8, 4) is 0 Å². The van der Waals surface area contributed by atoms with Crippen LogP contribution in [-0.4, -0.2) is 66.4 Å². The second-order valence-corrected chi connectivity index (χ2v) is 6.90. The van der Waals surface area contributed by atoms with Gasteiger partial charge in [-0.05, 0) is 19.4 Å². The second-order valence-electron chi connectivity index (χ2n) is 5.00. The fourth-order valence-corrected chi connectivity index (χ4v) is 3.99. The van der Waals surface area contributed by atoms with Gasteiger partial charge in [-0.2, -0.15) is 4.31 Å². The van der Waals surface area contributed by atoms with E-state index < -0.39 is 10.0 Å². The molecule has 7 nitrogen and oxygen atoms in total. The number of imidazole rings is 1. The van der Waals surface area contributed by atoms with Crippen LogP contribution in [0.15, 0.2) is 17.6 Å². The van der Waals surface area contributed by atoms with Gasteiger partial charge in [-0.15, -0.1) is 0 Å². The zero-order valence-electron chi connectivity index (χ0n) is 11.8. The number of aromatic nitrogens is 2. The van der Waals surface area contributed by atoms with E-state index in [2.05, 4.69) is 21.8 Å². The number of nitrogens with zero attached hydrogens (tertiary/aromatic N) is 3. The average molecular weight is 301 g/mol. The molecule has 1 aliphatic heterocycles. The predicted molar refractivity (Wildman–Crippen MR) is 76.7 cm³/mol. The van der Waals surface area contributed by atoms with E-state index in [0.717, 1.165) is 25.9 Å². The minimum Gasteiger partial charge on any atom is -0.335 e. The van der Waals surface area contributed by atoms with Crippen molar-refractivity contribution in [2.24, 2.45) is 5.73 Å². The van der Waals surface area contributed by atoms with Gasteiger partial charge in [-0.25, -0.2) is 13.4 Å². The minimum absolute atomic E-state index is 0.167. The van der Waals surface area contributed by atoms with Crippen LogP contribution in [0.25, 0.3) is 0 Å². The van der Waals surface area contributed by atoms with Gasteiger partial charge in [-0.1, -0.05) is 6.92 Å². The van der Waals surface area contributed by atoms with Crippen molar-refractivity contribution in [1.82, 2.24) is 19.2 Å². The first-order chi connectivity index (χ1) is 9.59. The molecule has 0 aliphatic carbocycles. The molecule has 114 valence electrons. The van der Waals surface area contributed by atoms with E-state index in [-0.39, 0.29) is 5.03 Å². The Kier molecular flexibility index (Phi) is 5.14. The number of H-pyrrole nitrogens is 1. The van der Waals surface area contributed by atoms with Crippen LogP contribution < -0.4 is 5.73 Å². The molecule has 2 heterocycles. The third-order valence-corrected chi connectivity index (χ3v) is 5.68. The van der Waals surface area contributed by atoms with Crippen molar-refractivity contribution in [1.29, 1.82) is 0 Å². The van der Waals surface area contributed by atoms with Gasteiger partial charge in [-0.3, -0.25) is 4.90 Å². The Morgan fingerprint density at radius 1 is 1.40 bits per heavy atom. The standard InChI is InChI=1S/C12H23N5O2S/c1-2-11(3-4-13)16-5-7-17(8-6-16)20(18,19)12-9-14-10-15-12/h9-11H,2-8,13H2,1H3,(H,14,15). The number of nitrogens with one attached hydrogen (secondary N) is 1. The van der Waals surface area contributed by atoms with Gasteiger partial charge in [0.25, 0.3) is 10.0 Å². The first-order valence-electron chi connectivity index (χ1n) is 7.02. The van der Waals surface area contributed by atoms with Crippen LogP contribution in [0, 0.1) is 0 Å². The van der Waals surface area contributed by atoms with Gasteiger partial charge in [0.05, 0.1) is 12.5 Å². The summed E-state index contributed by atoms with van der Waals surface area (Å²) in [6, 6.07) is 0.456. The van der Waals surface area contributed by atoms with Crippen molar-refractivity contribution in [2.75, 3.05) is 32.7 Å². The number of hydrogen-bond donors (Lipinski definition) is 2. The monoisotopic (exact) mass is 301 g/mol. The van der Waals surface area contributed by atoms with Crippen molar-refractivity contribution < 1.29 is 8.42 Å². The molecule has 2 rings (SSSR count). The Morgan fingerprint density at radius 3 is 2.60 bits per heavy atom. The molecule has 0 bridgehead atoms. The third kappa shape index (κ3) is 3.20. The third-order valence-electron chi connectivity index (χ3n) is 3.85. The van der Waals surface area contributed by atoms with E-state index in [1.165, 1.54) is 16.8 Å². The summed E-state index contributed by atoms with van der Waals surface area (Å²) < 4.78 is 26.2. The van der Waals surface area contributed by atoms with Crippen molar-refractivity contribution >= 4 is 10.0 Å². The molecule has 1 atom stereocenters. The highest BCUT2D eigenvalue weighted by Crippen LogP contribution is 2.17. The Labute approximate surface area is 120 Å². The summed E-state index contributed by atoms with van der Waals surface area (Å²) in [6.07, 6.45) is 4.75. The molecule has 1 fully saturated rings. The molecule has 0 spiro atoms. The molecule has 0 amide bonds. The zero-order chi connectivity index (χ0) is 14.6. The molecule has 0 saturated carbocycles. The normalized spacial score (nSPS) is 20.1. The highest BCUT2D eigenvalue weighted by molar-refractivity contribution is 7.89. The maximum Gasteiger partial charge on any atom is 0.260 e. The maximum absolute atomic E-state index is 12.3. The first kappa shape index (κ1) is 15.4. The Hall–Kier alpha value is -0.960. The lowest BCUT2D eigenvalue weighted by Crippen LogP contribution is -2.52. The molecular formula is C12H23N5O2S. The van der Waals surface area contributed by atoms with Crippen molar-refractivity contribution in [3.05, 3.63) is 12.5 Å². The summed E-state index contributed by atoms with van der Waals surface area (Å²) in [6.45, 7) is 5.36. The van der Waals surface area contributed by atoms with E-state index in [1.54, 1.807) is 0 Å². The number of aromatic amines is 1. The molecule has 1 unspecified atom stereocenters. The highest BCUT2D eigenvalue weighted by Gasteiger charge is 2.31. The maximum atomic E-state index is 12.3. The van der Waals surface area contributed by atoms with Crippen LogP contribution in [0.1, 0.15) is 19.8 Å². The molecule has 0 radical (unpaired) electrons. The lowest BCUT2D eigenvalue weighted by Gasteiger charge is -2.38. The Balaban J connectivity index is 1.98. The van der Waals surface area contributed by atoms with Gasteiger partial charge in [0.2, 0.25) is 0 Å². The van der Waals surface area contributed by atoms with Crippen LogP contribution in [0.5, 0.6) is 0 Å². The number of sulfonamides is 1. The van der Waals surface area contributed by atoms with Crippen LogP contribution in [0.2, 0.25) is 0 Å². The largest absolute Gasteiger partial charge is 0.335 e. The summed E-state index contributed by atoms with van der Waals surface area (Å²) in [5, 5.41) is 0.167. The molecule has 3 N–H and O–H groups in total. The quantitative estimate of drug-likeness (QED) is 0.761. The molecule has 1 aromatic rings. The summed E-state index contributed by atoms with van der Waals surface area (Å²) in [5.41, 5.74) is 5.63. The molecule has 1 saturated heterocycles. The van der Waals surface area contributed by atoms with E-state index in [1.807, 2.05) is 0 Å². The fraction of sp³-hybridized carbons (Fsp3) is 0.750. The van der Waals surface area contributed by atoms with Crippen LogP contribution in [0.3, 0.4) is 0 Å². The van der Waals surface area contributed by atoms with Crippen LogP contribution in [0.4, 0.5) is 0 Å². The van der Waals surface area contributed by atoms with Crippen LogP contribution in [-0.2, 0) is 10.0 Å². The molecular weight excluding hydrogens is 278 g/mol.